The molecule has 0 amide bonds. The predicted octanol–water partition coefficient (Wildman–Crippen LogP) is 1.43. The lowest BCUT2D eigenvalue weighted by Crippen LogP contribution is -2.01. The number of phenolic OH excluding ortho intramolecular Hbond substituents is 1. The monoisotopic (exact) mass is 226 g/mol. The number of benzene rings is 1. The number of rotatable bonds is 5. The lowest BCUT2D eigenvalue weighted by molar-refractivity contribution is -0.136. The molecule has 0 saturated carbocycles. The maximum atomic E-state index is 10.5. The molecule has 0 aliphatic carbocycles. The molecule has 88 valence electrons. The number of carboxylic acids is 1. The minimum Gasteiger partial charge on any atom is -0.508 e. The van der Waals surface area contributed by atoms with Crippen LogP contribution in [-0.4, -0.2) is 30.4 Å². The summed E-state index contributed by atoms with van der Waals surface area (Å²) in [7, 11) is 2.93. The molecular formula is C11H14O5. The number of hydrogen-bond donors (Lipinski definition) is 2. The zero-order valence-electron chi connectivity index (χ0n) is 9.19. The van der Waals surface area contributed by atoms with Gasteiger partial charge in [-0.25, -0.2) is 0 Å². The summed E-state index contributed by atoms with van der Waals surface area (Å²) in [6, 6.07) is 3.02. The second-order valence-corrected chi connectivity index (χ2v) is 3.19. The molecule has 0 aliphatic heterocycles. The lowest BCUT2D eigenvalue weighted by Gasteiger charge is -2.13. The molecule has 0 spiro atoms. The minimum absolute atomic E-state index is 0.0129. The van der Waals surface area contributed by atoms with Crippen LogP contribution in [-0.2, 0) is 11.2 Å². The first-order valence-electron chi connectivity index (χ1n) is 4.74. The first-order valence-corrected chi connectivity index (χ1v) is 4.74. The molecule has 16 heavy (non-hydrogen) atoms. The van der Waals surface area contributed by atoms with E-state index >= 15 is 0 Å². The Labute approximate surface area is 93.2 Å². The highest BCUT2D eigenvalue weighted by Crippen LogP contribution is 2.37. The van der Waals surface area contributed by atoms with Crippen LogP contribution in [0.5, 0.6) is 17.2 Å². The third kappa shape index (κ3) is 2.56. The average Bonchev–Trinajstić information content (AvgIpc) is 2.26. The van der Waals surface area contributed by atoms with Crippen molar-refractivity contribution in [3.05, 3.63) is 17.7 Å². The van der Waals surface area contributed by atoms with E-state index in [0.29, 0.717) is 17.1 Å². The Kier molecular flexibility index (Phi) is 3.99. The Morgan fingerprint density at radius 1 is 1.31 bits per heavy atom. The maximum absolute atomic E-state index is 10.5. The van der Waals surface area contributed by atoms with Crippen LogP contribution in [0.1, 0.15) is 12.0 Å². The number of aliphatic carboxylic acids is 1. The number of ether oxygens (including phenoxy) is 2. The van der Waals surface area contributed by atoms with Crippen LogP contribution in [0.3, 0.4) is 0 Å². The van der Waals surface area contributed by atoms with Crippen molar-refractivity contribution in [1.29, 1.82) is 0 Å². The van der Waals surface area contributed by atoms with Crippen LogP contribution in [0.2, 0.25) is 0 Å². The molecule has 1 rings (SSSR count). The van der Waals surface area contributed by atoms with Gasteiger partial charge in [-0.3, -0.25) is 4.79 Å². The Morgan fingerprint density at radius 3 is 2.50 bits per heavy atom. The second kappa shape index (κ2) is 5.25. The molecule has 2 N–H and O–H groups in total. The van der Waals surface area contributed by atoms with Crippen molar-refractivity contribution >= 4 is 5.97 Å². The number of methoxy groups -OCH3 is 2. The van der Waals surface area contributed by atoms with E-state index < -0.39 is 5.97 Å². The fourth-order valence-electron chi connectivity index (χ4n) is 1.45. The van der Waals surface area contributed by atoms with Crippen LogP contribution in [0.15, 0.2) is 12.1 Å². The van der Waals surface area contributed by atoms with Gasteiger partial charge in [-0.1, -0.05) is 0 Å². The van der Waals surface area contributed by atoms with E-state index in [9.17, 15) is 9.90 Å². The summed E-state index contributed by atoms with van der Waals surface area (Å²) >= 11 is 0. The summed E-state index contributed by atoms with van der Waals surface area (Å²) in [6.45, 7) is 0. The van der Waals surface area contributed by atoms with Crippen LogP contribution in [0.25, 0.3) is 0 Å². The topological polar surface area (TPSA) is 76.0 Å². The van der Waals surface area contributed by atoms with Crippen molar-refractivity contribution < 1.29 is 24.5 Å². The fourth-order valence-corrected chi connectivity index (χ4v) is 1.45. The van der Waals surface area contributed by atoms with Gasteiger partial charge in [0, 0.05) is 12.0 Å². The van der Waals surface area contributed by atoms with Gasteiger partial charge in [0.1, 0.15) is 5.75 Å². The Morgan fingerprint density at radius 2 is 2.00 bits per heavy atom. The van der Waals surface area contributed by atoms with E-state index in [-0.39, 0.29) is 18.6 Å². The summed E-state index contributed by atoms with van der Waals surface area (Å²) in [4.78, 5) is 10.5. The second-order valence-electron chi connectivity index (χ2n) is 3.19. The molecule has 0 fully saturated rings. The minimum atomic E-state index is -0.927. The summed E-state index contributed by atoms with van der Waals surface area (Å²) in [5.74, 6) is -0.0624. The van der Waals surface area contributed by atoms with E-state index in [0.717, 1.165) is 0 Å². The molecule has 5 heteroatoms. The zero-order chi connectivity index (χ0) is 12.1. The van der Waals surface area contributed by atoms with Gasteiger partial charge in [0.15, 0.2) is 11.5 Å². The summed E-state index contributed by atoms with van der Waals surface area (Å²) in [5, 5.41) is 18.2. The molecule has 0 bridgehead atoms. The van der Waals surface area contributed by atoms with Gasteiger partial charge < -0.3 is 19.7 Å². The third-order valence-corrected chi connectivity index (χ3v) is 2.21. The van der Waals surface area contributed by atoms with Gasteiger partial charge in [-0.05, 0) is 18.6 Å². The third-order valence-electron chi connectivity index (χ3n) is 2.21. The fraction of sp³-hybridized carbons (Fsp3) is 0.364. The van der Waals surface area contributed by atoms with Crippen molar-refractivity contribution in [1.82, 2.24) is 0 Å². The van der Waals surface area contributed by atoms with E-state index in [4.69, 9.17) is 14.6 Å². The number of phenols is 1. The summed E-state index contributed by atoms with van der Waals surface area (Å²) in [5.41, 5.74) is 0.448. The molecule has 0 heterocycles. The average molecular weight is 226 g/mol. The van der Waals surface area contributed by atoms with Gasteiger partial charge in [0.05, 0.1) is 14.2 Å². The molecule has 1 aromatic carbocycles. The van der Waals surface area contributed by atoms with Gasteiger partial charge in [0.25, 0.3) is 0 Å². The molecule has 0 atom stereocenters. The van der Waals surface area contributed by atoms with Crippen molar-refractivity contribution in [3.63, 3.8) is 0 Å². The molecule has 1 aromatic rings. The Hall–Kier alpha value is -1.91. The van der Waals surface area contributed by atoms with E-state index in [1.165, 1.54) is 20.3 Å². The predicted molar refractivity (Wildman–Crippen MR) is 57.2 cm³/mol. The highest BCUT2D eigenvalue weighted by molar-refractivity contribution is 5.68. The molecule has 5 nitrogen and oxygen atoms in total. The van der Waals surface area contributed by atoms with Crippen molar-refractivity contribution in [3.8, 4) is 17.2 Å². The first kappa shape index (κ1) is 12.2. The quantitative estimate of drug-likeness (QED) is 0.794. The smallest absolute Gasteiger partial charge is 0.303 e. The van der Waals surface area contributed by atoms with Gasteiger partial charge in [-0.15, -0.1) is 0 Å². The molecular weight excluding hydrogens is 212 g/mol. The molecule has 0 radical (unpaired) electrons. The highest BCUT2D eigenvalue weighted by Gasteiger charge is 2.15. The van der Waals surface area contributed by atoms with E-state index in [1.807, 2.05) is 0 Å². The molecule has 0 saturated heterocycles. The number of hydrogen-bond acceptors (Lipinski definition) is 4. The SMILES string of the molecule is COc1ccc(O)c(CCC(=O)O)c1OC. The van der Waals surface area contributed by atoms with Gasteiger partial charge in [-0.2, -0.15) is 0 Å². The molecule has 0 aromatic heterocycles. The lowest BCUT2D eigenvalue weighted by atomic mass is 10.1. The number of aromatic hydroxyl groups is 1. The standard InChI is InChI=1S/C11H14O5/c1-15-9-5-4-8(12)7(11(9)16-2)3-6-10(13)14/h4-5,12H,3,6H2,1-2H3,(H,13,14). The number of carboxylic acid groups (broad SMARTS) is 1. The Bertz CT molecular complexity index is 386. The summed E-state index contributed by atoms with van der Waals surface area (Å²) in [6.07, 6.45) is 0.124. The molecule has 0 unspecified atom stereocenters. The highest BCUT2D eigenvalue weighted by atomic mass is 16.5. The summed E-state index contributed by atoms with van der Waals surface area (Å²) < 4.78 is 10.2. The maximum Gasteiger partial charge on any atom is 0.303 e. The largest absolute Gasteiger partial charge is 0.508 e. The molecule has 0 aliphatic rings. The van der Waals surface area contributed by atoms with E-state index in [1.54, 1.807) is 6.07 Å². The zero-order valence-corrected chi connectivity index (χ0v) is 9.19. The van der Waals surface area contributed by atoms with Gasteiger partial charge >= 0.3 is 5.97 Å². The van der Waals surface area contributed by atoms with Crippen molar-refractivity contribution in [2.45, 2.75) is 12.8 Å². The van der Waals surface area contributed by atoms with Gasteiger partial charge in [0.2, 0.25) is 0 Å². The number of carbonyl (C=O) groups is 1. The van der Waals surface area contributed by atoms with Crippen LogP contribution in [0.4, 0.5) is 0 Å². The van der Waals surface area contributed by atoms with E-state index in [2.05, 4.69) is 0 Å². The van der Waals surface area contributed by atoms with Crippen molar-refractivity contribution in [2.24, 2.45) is 0 Å². The van der Waals surface area contributed by atoms with Crippen LogP contribution in [0, 0.1) is 0 Å². The Balaban J connectivity index is 3.07. The first-order chi connectivity index (χ1) is 7.60. The van der Waals surface area contributed by atoms with Crippen molar-refractivity contribution in [2.75, 3.05) is 14.2 Å². The normalized spacial score (nSPS) is 9.88. The van der Waals surface area contributed by atoms with Crippen LogP contribution >= 0.6 is 0 Å². The van der Waals surface area contributed by atoms with Crippen LogP contribution < -0.4 is 9.47 Å².